The van der Waals surface area contributed by atoms with E-state index in [4.69, 9.17) is 4.74 Å². The van der Waals surface area contributed by atoms with Gasteiger partial charge in [0.1, 0.15) is 0 Å². The molecule has 2 saturated heterocycles. The molecule has 0 aromatic heterocycles. The van der Waals surface area contributed by atoms with Crippen molar-refractivity contribution in [1.82, 2.24) is 5.32 Å². The lowest BCUT2D eigenvalue weighted by Gasteiger charge is -2.40. The third kappa shape index (κ3) is 3.43. The van der Waals surface area contributed by atoms with Gasteiger partial charge in [0.05, 0.1) is 5.60 Å². The molecule has 2 nitrogen and oxygen atoms in total. The van der Waals surface area contributed by atoms with E-state index in [0.29, 0.717) is 12.1 Å². The number of rotatable bonds is 5. The first-order chi connectivity index (χ1) is 8.69. The highest BCUT2D eigenvalue weighted by Crippen LogP contribution is 2.38. The van der Waals surface area contributed by atoms with Gasteiger partial charge in [-0.3, -0.25) is 0 Å². The van der Waals surface area contributed by atoms with E-state index in [-0.39, 0.29) is 5.60 Å². The summed E-state index contributed by atoms with van der Waals surface area (Å²) in [5.41, 5.74) is 0.216. The smallest absolute Gasteiger partial charge is 0.0795 e. The summed E-state index contributed by atoms with van der Waals surface area (Å²) >= 11 is 2.06. The van der Waals surface area contributed by atoms with Crippen molar-refractivity contribution >= 4 is 11.8 Å². The van der Waals surface area contributed by atoms with Crippen LogP contribution in [0.3, 0.4) is 0 Å². The quantitative estimate of drug-likeness (QED) is 0.827. The van der Waals surface area contributed by atoms with Crippen molar-refractivity contribution in [3.05, 3.63) is 0 Å². The van der Waals surface area contributed by atoms with E-state index in [0.717, 1.165) is 12.5 Å². The van der Waals surface area contributed by atoms with Crippen LogP contribution >= 0.6 is 11.8 Å². The molecule has 0 saturated carbocycles. The van der Waals surface area contributed by atoms with E-state index in [1.165, 1.54) is 43.6 Å². The Morgan fingerprint density at radius 3 is 2.78 bits per heavy atom. The number of hydrogen-bond donors (Lipinski definition) is 1. The van der Waals surface area contributed by atoms with Crippen LogP contribution in [0.15, 0.2) is 0 Å². The van der Waals surface area contributed by atoms with Crippen LogP contribution in [0.1, 0.15) is 52.9 Å². The Morgan fingerprint density at radius 1 is 1.39 bits per heavy atom. The van der Waals surface area contributed by atoms with E-state index in [1.54, 1.807) is 0 Å². The van der Waals surface area contributed by atoms with Gasteiger partial charge < -0.3 is 10.1 Å². The molecule has 0 radical (unpaired) electrons. The Morgan fingerprint density at radius 2 is 2.17 bits per heavy atom. The fourth-order valence-electron chi connectivity index (χ4n) is 3.54. The van der Waals surface area contributed by atoms with Crippen molar-refractivity contribution in [2.24, 2.45) is 5.92 Å². The lowest BCUT2D eigenvalue weighted by atomic mass is 9.88. The van der Waals surface area contributed by atoms with Crippen LogP contribution in [-0.4, -0.2) is 35.8 Å². The molecule has 0 aromatic rings. The van der Waals surface area contributed by atoms with Crippen LogP contribution < -0.4 is 5.32 Å². The van der Waals surface area contributed by atoms with Crippen molar-refractivity contribution in [3.8, 4) is 0 Å². The summed E-state index contributed by atoms with van der Waals surface area (Å²) in [6, 6.07) is 1.32. The highest BCUT2D eigenvalue weighted by atomic mass is 32.2. The van der Waals surface area contributed by atoms with Crippen molar-refractivity contribution in [2.45, 2.75) is 70.6 Å². The second-order valence-electron chi connectivity index (χ2n) is 6.06. The van der Waals surface area contributed by atoms with E-state index in [9.17, 15) is 0 Å². The molecule has 0 aromatic carbocycles. The Hall–Kier alpha value is 0.270. The lowest BCUT2D eigenvalue weighted by molar-refractivity contribution is -0.0718. The minimum Gasteiger partial charge on any atom is -0.374 e. The van der Waals surface area contributed by atoms with Gasteiger partial charge in [0.2, 0.25) is 0 Å². The maximum Gasteiger partial charge on any atom is 0.0795 e. The Balaban J connectivity index is 1.85. The van der Waals surface area contributed by atoms with Crippen LogP contribution in [0.2, 0.25) is 0 Å². The van der Waals surface area contributed by atoms with Crippen molar-refractivity contribution in [1.29, 1.82) is 0 Å². The molecule has 3 atom stereocenters. The van der Waals surface area contributed by atoms with Crippen LogP contribution in [0, 0.1) is 5.92 Å². The van der Waals surface area contributed by atoms with Gasteiger partial charge in [0.25, 0.3) is 0 Å². The van der Waals surface area contributed by atoms with Gasteiger partial charge in [0, 0.05) is 24.4 Å². The highest BCUT2D eigenvalue weighted by Gasteiger charge is 2.40. The molecule has 1 spiro atoms. The molecule has 1 N–H and O–H groups in total. The topological polar surface area (TPSA) is 21.3 Å². The van der Waals surface area contributed by atoms with Crippen LogP contribution in [0.4, 0.5) is 0 Å². The maximum absolute atomic E-state index is 6.09. The van der Waals surface area contributed by atoms with Crippen LogP contribution in [-0.2, 0) is 4.74 Å². The zero-order chi connectivity index (χ0) is 13.0. The van der Waals surface area contributed by atoms with Gasteiger partial charge in [-0.05, 0) is 37.9 Å². The Labute approximate surface area is 117 Å². The van der Waals surface area contributed by atoms with Crippen molar-refractivity contribution in [3.63, 3.8) is 0 Å². The van der Waals surface area contributed by atoms with E-state index in [1.807, 2.05) is 0 Å². The monoisotopic (exact) mass is 271 g/mol. The predicted molar refractivity (Wildman–Crippen MR) is 80.3 cm³/mol. The molecule has 2 heterocycles. The highest BCUT2D eigenvalue weighted by molar-refractivity contribution is 7.99. The average molecular weight is 271 g/mol. The minimum atomic E-state index is 0.216. The minimum absolute atomic E-state index is 0.216. The van der Waals surface area contributed by atoms with Gasteiger partial charge in [-0.15, -0.1) is 0 Å². The fourth-order valence-corrected chi connectivity index (χ4v) is 4.92. The van der Waals surface area contributed by atoms with Gasteiger partial charge in [-0.1, -0.05) is 26.7 Å². The van der Waals surface area contributed by atoms with Crippen LogP contribution in [0.5, 0.6) is 0 Å². The van der Waals surface area contributed by atoms with Crippen LogP contribution in [0.25, 0.3) is 0 Å². The van der Waals surface area contributed by atoms with Gasteiger partial charge in [-0.2, -0.15) is 11.8 Å². The summed E-state index contributed by atoms with van der Waals surface area (Å²) in [5.74, 6) is 3.32. The SMILES string of the molecule is CCC(CC)C(C)NC1CCOC2(CCSC2)C1. The molecule has 18 heavy (non-hydrogen) atoms. The molecule has 2 fully saturated rings. The first-order valence-corrected chi connectivity index (χ1v) is 8.82. The maximum atomic E-state index is 6.09. The van der Waals surface area contributed by atoms with E-state index < -0.39 is 0 Å². The van der Waals surface area contributed by atoms with Crippen molar-refractivity contribution in [2.75, 3.05) is 18.1 Å². The molecule has 0 amide bonds. The Kier molecular flexibility index (Phi) is 5.40. The molecule has 2 rings (SSSR count). The molecular formula is C15H29NOS. The van der Waals surface area contributed by atoms with Gasteiger partial charge >= 0.3 is 0 Å². The summed E-state index contributed by atoms with van der Waals surface area (Å²) < 4.78 is 6.09. The average Bonchev–Trinajstić information content (AvgIpc) is 2.79. The third-order valence-corrected chi connectivity index (χ3v) is 6.04. The lowest BCUT2D eigenvalue weighted by Crippen LogP contribution is -2.50. The summed E-state index contributed by atoms with van der Waals surface area (Å²) in [7, 11) is 0. The van der Waals surface area contributed by atoms with E-state index in [2.05, 4.69) is 37.8 Å². The summed E-state index contributed by atoms with van der Waals surface area (Å²) in [4.78, 5) is 0. The predicted octanol–water partition coefficient (Wildman–Crippen LogP) is 3.46. The van der Waals surface area contributed by atoms with Gasteiger partial charge in [-0.25, -0.2) is 0 Å². The molecular weight excluding hydrogens is 242 g/mol. The zero-order valence-electron chi connectivity index (χ0n) is 12.2. The second-order valence-corrected chi connectivity index (χ2v) is 7.16. The fraction of sp³-hybridized carbons (Fsp3) is 1.00. The normalized spacial score (nSPS) is 34.3. The second kappa shape index (κ2) is 6.62. The molecule has 0 bridgehead atoms. The Bertz CT molecular complexity index is 249. The molecule has 2 aliphatic heterocycles. The van der Waals surface area contributed by atoms with Gasteiger partial charge in [0.15, 0.2) is 0 Å². The molecule has 106 valence electrons. The zero-order valence-corrected chi connectivity index (χ0v) is 13.0. The first-order valence-electron chi connectivity index (χ1n) is 7.67. The van der Waals surface area contributed by atoms with Crippen molar-refractivity contribution < 1.29 is 4.74 Å². The summed E-state index contributed by atoms with van der Waals surface area (Å²) in [5, 5.41) is 3.88. The molecule has 0 aliphatic carbocycles. The third-order valence-electron chi connectivity index (χ3n) is 4.81. The first kappa shape index (κ1) is 14.7. The molecule has 3 heteroatoms. The standard InChI is InChI=1S/C15H29NOS/c1-4-13(5-2)12(3)16-14-6-8-17-15(10-14)7-9-18-11-15/h12-14,16H,4-11H2,1-3H3. The molecule has 3 unspecified atom stereocenters. The molecule has 2 aliphatic rings. The summed E-state index contributed by atoms with van der Waals surface area (Å²) in [6.07, 6.45) is 6.25. The summed E-state index contributed by atoms with van der Waals surface area (Å²) in [6.45, 7) is 7.94. The largest absolute Gasteiger partial charge is 0.374 e. The van der Waals surface area contributed by atoms with E-state index >= 15 is 0 Å². The number of ether oxygens (including phenoxy) is 1. The number of thioether (sulfide) groups is 1. The number of hydrogen-bond acceptors (Lipinski definition) is 3. The number of nitrogens with one attached hydrogen (secondary N) is 1.